The van der Waals surface area contributed by atoms with Gasteiger partial charge in [-0.3, -0.25) is 4.79 Å². The van der Waals surface area contributed by atoms with Gasteiger partial charge in [-0.2, -0.15) is 0 Å². The minimum Gasteiger partial charge on any atom is -0.394 e. The number of hydrogen-bond donors (Lipinski definition) is 6. The van der Waals surface area contributed by atoms with Crippen LogP contribution in [0.4, 0.5) is 0 Å². The maximum absolute atomic E-state index is 13.0. The van der Waals surface area contributed by atoms with Crippen molar-refractivity contribution in [2.24, 2.45) is 0 Å². The number of nitrogens with one attached hydrogen (secondary N) is 1. The molecule has 412 valence electrons. The minimum atomic E-state index is -1.57. The summed E-state index contributed by atoms with van der Waals surface area (Å²) < 4.78 is 11.3. The molecule has 7 atom stereocenters. The third kappa shape index (κ3) is 40.7. The van der Waals surface area contributed by atoms with Gasteiger partial charge in [0.25, 0.3) is 0 Å². The van der Waals surface area contributed by atoms with Gasteiger partial charge in [0.15, 0.2) is 6.29 Å². The lowest BCUT2D eigenvalue weighted by Crippen LogP contribution is -2.60. The number of aliphatic hydroxyl groups excluding tert-OH is 5. The van der Waals surface area contributed by atoms with E-state index in [1.165, 1.54) is 167 Å². The molecule has 0 saturated carbocycles. The molecule has 71 heavy (non-hydrogen) atoms. The number of aliphatic hydroxyl groups is 5. The van der Waals surface area contributed by atoms with Crippen LogP contribution in [-0.2, 0) is 14.3 Å². The fraction of sp³-hybridized carbons (Fsp3) is 0.790. The number of unbranched alkanes of at least 4 members (excludes halogenated alkanes) is 30. The van der Waals surface area contributed by atoms with E-state index in [0.29, 0.717) is 6.42 Å². The molecule has 0 aromatic rings. The largest absolute Gasteiger partial charge is 0.394 e. The molecule has 9 heteroatoms. The lowest BCUT2D eigenvalue weighted by Gasteiger charge is -2.40. The van der Waals surface area contributed by atoms with Crippen LogP contribution in [0.2, 0.25) is 0 Å². The first-order valence-electron chi connectivity index (χ1n) is 29.7. The van der Waals surface area contributed by atoms with Gasteiger partial charge in [0.05, 0.1) is 25.4 Å². The zero-order valence-corrected chi connectivity index (χ0v) is 45.7. The van der Waals surface area contributed by atoms with Crippen LogP contribution in [0.15, 0.2) is 72.9 Å². The number of amides is 1. The summed E-state index contributed by atoms with van der Waals surface area (Å²) in [7, 11) is 0. The molecule has 1 heterocycles. The first-order valence-corrected chi connectivity index (χ1v) is 29.7. The molecular weight excluding hydrogens is 887 g/mol. The normalized spacial score (nSPS) is 19.8. The van der Waals surface area contributed by atoms with Gasteiger partial charge in [-0.25, -0.2) is 0 Å². The smallest absolute Gasteiger partial charge is 0.220 e. The molecule has 0 spiro atoms. The second-order valence-corrected chi connectivity index (χ2v) is 20.4. The van der Waals surface area contributed by atoms with Gasteiger partial charge in [-0.1, -0.05) is 260 Å². The fourth-order valence-corrected chi connectivity index (χ4v) is 9.13. The second-order valence-electron chi connectivity index (χ2n) is 20.4. The van der Waals surface area contributed by atoms with E-state index in [-0.39, 0.29) is 12.5 Å². The standard InChI is InChI=1S/C62H111NO8/c1-3-5-7-9-11-13-15-17-18-19-20-21-22-23-24-25-26-27-28-29-30-31-32-33-34-35-36-37-38-40-42-44-46-48-50-52-58(66)63-55(54-70-62-61(69)60(68)59(67)57(53-64)71-62)56(65)51-49-47-45-43-41-39-16-14-12-10-8-6-4-2/h5,7,11,13,17-18,20-21,23-24,49,51,55-57,59-62,64-65,67-69H,3-4,6,8-10,12,14-16,19,22,25-48,50,52-54H2,1-2H3,(H,63,66)/b7-5-,13-11-,18-17-,21-20-,24-23-,51-49+. The number of hydrogen-bond acceptors (Lipinski definition) is 8. The molecule has 1 aliphatic rings. The molecule has 0 bridgehead atoms. The topological polar surface area (TPSA) is 149 Å². The van der Waals surface area contributed by atoms with Crippen LogP contribution < -0.4 is 5.32 Å². The van der Waals surface area contributed by atoms with Crippen molar-refractivity contribution in [1.29, 1.82) is 0 Å². The van der Waals surface area contributed by atoms with E-state index in [0.717, 1.165) is 70.6 Å². The summed E-state index contributed by atoms with van der Waals surface area (Å²) in [6, 6.07) is -0.805. The predicted molar refractivity (Wildman–Crippen MR) is 299 cm³/mol. The molecule has 1 saturated heterocycles. The van der Waals surface area contributed by atoms with Gasteiger partial charge >= 0.3 is 0 Å². The van der Waals surface area contributed by atoms with Crippen LogP contribution in [-0.4, -0.2) is 87.5 Å². The Labute approximate surface area is 436 Å². The fourth-order valence-electron chi connectivity index (χ4n) is 9.13. The summed E-state index contributed by atoms with van der Waals surface area (Å²) in [5.41, 5.74) is 0. The van der Waals surface area contributed by atoms with Crippen LogP contribution in [0, 0.1) is 0 Å². The lowest BCUT2D eigenvalue weighted by atomic mass is 9.99. The van der Waals surface area contributed by atoms with E-state index in [2.05, 4.69) is 79.9 Å². The van der Waals surface area contributed by atoms with Gasteiger partial charge in [-0.05, 0) is 64.2 Å². The highest BCUT2D eigenvalue weighted by Crippen LogP contribution is 2.23. The first-order chi connectivity index (χ1) is 34.8. The summed E-state index contributed by atoms with van der Waals surface area (Å²) in [5, 5.41) is 54.4. The van der Waals surface area contributed by atoms with Gasteiger partial charge in [-0.15, -0.1) is 0 Å². The summed E-state index contributed by atoms with van der Waals surface area (Å²) in [5.74, 6) is -0.176. The quantitative estimate of drug-likeness (QED) is 0.0261. The van der Waals surface area contributed by atoms with Gasteiger partial charge in [0.2, 0.25) is 5.91 Å². The third-order valence-corrected chi connectivity index (χ3v) is 13.8. The zero-order valence-electron chi connectivity index (χ0n) is 45.7. The highest BCUT2D eigenvalue weighted by molar-refractivity contribution is 5.76. The highest BCUT2D eigenvalue weighted by Gasteiger charge is 2.44. The van der Waals surface area contributed by atoms with Crippen molar-refractivity contribution in [3.05, 3.63) is 72.9 Å². The lowest BCUT2D eigenvalue weighted by molar-refractivity contribution is -0.302. The van der Waals surface area contributed by atoms with E-state index in [4.69, 9.17) is 9.47 Å². The molecule has 0 aromatic carbocycles. The number of ether oxygens (including phenoxy) is 2. The first kappa shape index (κ1) is 66.6. The molecule has 1 aliphatic heterocycles. The van der Waals surface area contributed by atoms with Crippen LogP contribution in [0.3, 0.4) is 0 Å². The molecule has 0 radical (unpaired) electrons. The van der Waals surface area contributed by atoms with Gasteiger partial charge < -0.3 is 40.3 Å². The Morgan fingerprint density at radius 3 is 1.30 bits per heavy atom. The van der Waals surface area contributed by atoms with Crippen molar-refractivity contribution in [2.75, 3.05) is 13.2 Å². The maximum Gasteiger partial charge on any atom is 0.220 e. The van der Waals surface area contributed by atoms with Crippen LogP contribution in [0.5, 0.6) is 0 Å². The van der Waals surface area contributed by atoms with Gasteiger partial charge in [0, 0.05) is 6.42 Å². The van der Waals surface area contributed by atoms with Crippen molar-refractivity contribution >= 4 is 5.91 Å². The second kappa shape index (κ2) is 51.1. The van der Waals surface area contributed by atoms with E-state index in [9.17, 15) is 30.3 Å². The summed E-state index contributed by atoms with van der Waals surface area (Å²) in [6.45, 7) is 3.67. The van der Waals surface area contributed by atoms with Gasteiger partial charge in [0.1, 0.15) is 24.4 Å². The predicted octanol–water partition coefficient (Wildman–Crippen LogP) is 14.8. The summed E-state index contributed by atoms with van der Waals surface area (Å²) in [6.07, 6.45) is 64.1. The Kier molecular flexibility index (Phi) is 48.0. The van der Waals surface area contributed by atoms with Crippen LogP contribution >= 0.6 is 0 Å². The Morgan fingerprint density at radius 2 is 0.873 bits per heavy atom. The molecule has 9 nitrogen and oxygen atoms in total. The van der Waals surface area contributed by atoms with Crippen molar-refractivity contribution in [3.8, 4) is 0 Å². The van der Waals surface area contributed by atoms with Crippen LogP contribution in [0.25, 0.3) is 0 Å². The Morgan fingerprint density at radius 1 is 0.493 bits per heavy atom. The van der Waals surface area contributed by atoms with Crippen molar-refractivity contribution in [1.82, 2.24) is 5.32 Å². The molecule has 1 rings (SSSR count). The number of rotatable bonds is 50. The minimum absolute atomic E-state index is 0.176. The van der Waals surface area contributed by atoms with E-state index in [1.54, 1.807) is 6.08 Å². The average molecular weight is 999 g/mol. The van der Waals surface area contributed by atoms with Crippen molar-refractivity contribution in [2.45, 2.75) is 301 Å². The highest BCUT2D eigenvalue weighted by atomic mass is 16.7. The molecular formula is C62H111NO8. The number of allylic oxidation sites excluding steroid dienone is 11. The maximum atomic E-state index is 13.0. The number of carbonyl (C=O) groups is 1. The summed E-state index contributed by atoms with van der Waals surface area (Å²) >= 11 is 0. The summed E-state index contributed by atoms with van der Waals surface area (Å²) in [4.78, 5) is 13.0. The monoisotopic (exact) mass is 998 g/mol. The van der Waals surface area contributed by atoms with E-state index < -0.39 is 49.5 Å². The molecule has 6 N–H and O–H groups in total. The van der Waals surface area contributed by atoms with E-state index >= 15 is 0 Å². The Hall–Kier alpha value is -2.37. The molecule has 1 amide bonds. The Balaban J connectivity index is 2.10. The third-order valence-electron chi connectivity index (χ3n) is 13.8. The molecule has 0 aliphatic carbocycles. The molecule has 1 fully saturated rings. The SMILES string of the molecule is CC/C=C\C/C=C\C/C=C\C/C=C\C/C=C\CCCCCCCCCCCCCCCCCCCCCC(=O)NC(COC1OC(CO)C(O)C(O)C1O)C(O)/C=C/CCCCCCCCCCCCC. The number of carbonyl (C=O) groups excluding carboxylic acids is 1. The van der Waals surface area contributed by atoms with Crippen molar-refractivity contribution in [3.63, 3.8) is 0 Å². The van der Waals surface area contributed by atoms with Crippen molar-refractivity contribution < 1.29 is 39.8 Å². The zero-order chi connectivity index (χ0) is 51.5. The molecule has 7 unspecified atom stereocenters. The van der Waals surface area contributed by atoms with E-state index in [1.807, 2.05) is 6.08 Å². The molecule has 0 aromatic heterocycles. The Bertz CT molecular complexity index is 1340. The average Bonchev–Trinajstić information content (AvgIpc) is 3.37. The van der Waals surface area contributed by atoms with Crippen LogP contribution in [0.1, 0.15) is 258 Å².